The minimum atomic E-state index is -0.449. The van der Waals surface area contributed by atoms with Gasteiger partial charge < -0.3 is 9.64 Å². The fraction of sp³-hybridized carbons (Fsp3) is 0.588. The lowest BCUT2D eigenvalue weighted by atomic mass is 9.82. The van der Waals surface area contributed by atoms with Crippen LogP contribution in [0.2, 0.25) is 5.02 Å². The molecule has 5 heteroatoms. The number of hydrogen-bond donors (Lipinski definition) is 0. The first-order valence-corrected chi connectivity index (χ1v) is 8.77. The Balaban J connectivity index is 2.05. The summed E-state index contributed by atoms with van der Waals surface area (Å²) in [4.78, 5) is 14.0. The van der Waals surface area contributed by atoms with Gasteiger partial charge in [0.2, 0.25) is 0 Å². The number of halogens is 2. The van der Waals surface area contributed by atoms with Gasteiger partial charge in [-0.05, 0) is 62.8 Å². The van der Waals surface area contributed by atoms with E-state index in [0.717, 1.165) is 15.9 Å². The summed E-state index contributed by atoms with van der Waals surface area (Å²) < 4.78 is 6.46. The Bertz CT molecular complexity index is 536. The molecule has 22 heavy (non-hydrogen) atoms. The predicted octanol–water partition coefficient (Wildman–Crippen LogP) is 5.46. The molecule has 1 amide bonds. The average Bonchev–Trinajstić information content (AvgIpc) is 2.35. The standard InChI is InChI=1S/C17H23BrClNO2/c1-11-10-20(16(21)22-17(2,3)4)6-5-15(11)12-7-13(18)9-14(19)8-12/h7-9,11,15H,5-6,10H2,1-4H3. The second kappa shape index (κ2) is 6.79. The molecule has 0 aromatic heterocycles. The molecule has 2 rings (SSSR count). The SMILES string of the molecule is CC1CN(C(=O)OC(C)(C)C)CCC1c1cc(Cl)cc(Br)c1. The smallest absolute Gasteiger partial charge is 0.410 e. The normalized spacial score (nSPS) is 22.5. The number of amides is 1. The summed E-state index contributed by atoms with van der Waals surface area (Å²) in [5.41, 5.74) is 0.783. The Labute approximate surface area is 146 Å². The van der Waals surface area contributed by atoms with E-state index in [1.54, 1.807) is 0 Å². The van der Waals surface area contributed by atoms with Crippen LogP contribution in [-0.2, 0) is 4.74 Å². The zero-order valence-corrected chi connectivity index (χ0v) is 15.9. The van der Waals surface area contributed by atoms with Gasteiger partial charge in [-0.15, -0.1) is 0 Å². The summed E-state index contributed by atoms with van der Waals surface area (Å²) in [6.45, 7) is 9.29. The van der Waals surface area contributed by atoms with E-state index < -0.39 is 5.60 Å². The van der Waals surface area contributed by atoms with E-state index >= 15 is 0 Å². The molecule has 0 radical (unpaired) electrons. The van der Waals surface area contributed by atoms with Crippen molar-refractivity contribution in [3.63, 3.8) is 0 Å². The van der Waals surface area contributed by atoms with Gasteiger partial charge in [0.05, 0.1) is 0 Å². The van der Waals surface area contributed by atoms with Crippen molar-refractivity contribution in [3.8, 4) is 0 Å². The molecular formula is C17H23BrClNO2. The van der Waals surface area contributed by atoms with Gasteiger partial charge in [-0.1, -0.05) is 34.5 Å². The van der Waals surface area contributed by atoms with E-state index in [-0.39, 0.29) is 6.09 Å². The first-order chi connectivity index (χ1) is 10.2. The van der Waals surface area contributed by atoms with Crippen molar-refractivity contribution in [1.29, 1.82) is 0 Å². The molecule has 0 spiro atoms. The molecule has 1 aliphatic heterocycles. The molecule has 1 saturated heterocycles. The van der Waals surface area contributed by atoms with Crippen LogP contribution >= 0.6 is 27.5 Å². The van der Waals surface area contributed by atoms with Crippen LogP contribution in [0.5, 0.6) is 0 Å². The molecule has 1 aliphatic rings. The molecule has 1 fully saturated rings. The number of carbonyl (C=O) groups excluding carboxylic acids is 1. The zero-order valence-electron chi connectivity index (χ0n) is 13.5. The van der Waals surface area contributed by atoms with Crippen LogP contribution in [0.25, 0.3) is 0 Å². The molecule has 1 aromatic rings. The lowest BCUT2D eigenvalue weighted by Crippen LogP contribution is -2.44. The van der Waals surface area contributed by atoms with E-state index in [2.05, 4.69) is 28.9 Å². The summed E-state index contributed by atoms with van der Waals surface area (Å²) in [6, 6.07) is 6.04. The average molecular weight is 389 g/mol. The quantitative estimate of drug-likeness (QED) is 0.639. The molecule has 1 heterocycles. The lowest BCUT2D eigenvalue weighted by Gasteiger charge is -2.38. The van der Waals surface area contributed by atoms with Crippen molar-refractivity contribution < 1.29 is 9.53 Å². The topological polar surface area (TPSA) is 29.5 Å². The number of piperidine rings is 1. The van der Waals surface area contributed by atoms with Crippen molar-refractivity contribution in [2.24, 2.45) is 5.92 Å². The van der Waals surface area contributed by atoms with Gasteiger partial charge in [-0.3, -0.25) is 0 Å². The van der Waals surface area contributed by atoms with Crippen LogP contribution in [0.1, 0.15) is 45.6 Å². The molecule has 1 aromatic carbocycles. The fourth-order valence-electron chi connectivity index (χ4n) is 2.92. The van der Waals surface area contributed by atoms with Gasteiger partial charge in [-0.2, -0.15) is 0 Å². The largest absolute Gasteiger partial charge is 0.444 e. The second-order valence-corrected chi connectivity index (χ2v) is 8.35. The van der Waals surface area contributed by atoms with E-state index in [0.29, 0.717) is 24.9 Å². The highest BCUT2D eigenvalue weighted by molar-refractivity contribution is 9.10. The van der Waals surface area contributed by atoms with Crippen LogP contribution in [0.3, 0.4) is 0 Å². The number of rotatable bonds is 1. The summed E-state index contributed by atoms with van der Waals surface area (Å²) in [7, 11) is 0. The fourth-order valence-corrected chi connectivity index (χ4v) is 3.81. The number of nitrogens with zero attached hydrogens (tertiary/aromatic N) is 1. The van der Waals surface area contributed by atoms with Crippen molar-refractivity contribution in [2.45, 2.75) is 45.6 Å². The highest BCUT2D eigenvalue weighted by Gasteiger charge is 2.32. The minimum absolute atomic E-state index is 0.218. The second-order valence-electron chi connectivity index (χ2n) is 7.00. The Hall–Kier alpha value is -0.740. The molecule has 2 atom stereocenters. The lowest BCUT2D eigenvalue weighted by molar-refractivity contribution is 0.0155. The van der Waals surface area contributed by atoms with Crippen LogP contribution in [0.4, 0.5) is 4.79 Å². The summed E-state index contributed by atoms with van der Waals surface area (Å²) in [5.74, 6) is 0.778. The third-order valence-electron chi connectivity index (χ3n) is 3.87. The Kier molecular flexibility index (Phi) is 5.44. The molecule has 122 valence electrons. The Morgan fingerprint density at radius 3 is 2.59 bits per heavy atom. The van der Waals surface area contributed by atoms with Crippen molar-refractivity contribution in [1.82, 2.24) is 4.90 Å². The molecule has 2 unspecified atom stereocenters. The number of benzene rings is 1. The maximum absolute atomic E-state index is 12.2. The molecular weight excluding hydrogens is 366 g/mol. The third kappa shape index (κ3) is 4.63. The van der Waals surface area contributed by atoms with Crippen LogP contribution in [-0.4, -0.2) is 29.7 Å². The first kappa shape index (κ1) is 17.6. The Morgan fingerprint density at radius 1 is 1.36 bits per heavy atom. The minimum Gasteiger partial charge on any atom is -0.444 e. The van der Waals surface area contributed by atoms with Crippen LogP contribution in [0.15, 0.2) is 22.7 Å². The summed E-state index contributed by atoms with van der Waals surface area (Å²) in [6.07, 6.45) is 0.706. The molecule has 0 aliphatic carbocycles. The predicted molar refractivity (Wildman–Crippen MR) is 93.5 cm³/mol. The third-order valence-corrected chi connectivity index (χ3v) is 4.55. The van der Waals surface area contributed by atoms with Gasteiger partial charge in [-0.25, -0.2) is 4.79 Å². The van der Waals surface area contributed by atoms with Gasteiger partial charge in [0.1, 0.15) is 5.60 Å². The number of hydrogen-bond acceptors (Lipinski definition) is 2. The van der Waals surface area contributed by atoms with Gasteiger partial charge in [0.15, 0.2) is 0 Å². The van der Waals surface area contributed by atoms with Crippen LogP contribution in [0, 0.1) is 5.92 Å². The zero-order chi connectivity index (χ0) is 16.5. The first-order valence-electron chi connectivity index (χ1n) is 7.59. The monoisotopic (exact) mass is 387 g/mol. The highest BCUT2D eigenvalue weighted by Crippen LogP contribution is 2.35. The van der Waals surface area contributed by atoms with Gasteiger partial charge >= 0.3 is 6.09 Å². The van der Waals surface area contributed by atoms with E-state index in [9.17, 15) is 4.79 Å². The highest BCUT2D eigenvalue weighted by atomic mass is 79.9. The number of carbonyl (C=O) groups is 1. The molecule has 0 saturated carbocycles. The van der Waals surface area contributed by atoms with E-state index in [4.69, 9.17) is 16.3 Å². The van der Waals surface area contributed by atoms with Crippen molar-refractivity contribution in [2.75, 3.05) is 13.1 Å². The van der Waals surface area contributed by atoms with Crippen molar-refractivity contribution >= 4 is 33.6 Å². The summed E-state index contributed by atoms with van der Waals surface area (Å²) in [5, 5.41) is 0.742. The van der Waals surface area contributed by atoms with Crippen molar-refractivity contribution in [3.05, 3.63) is 33.3 Å². The van der Waals surface area contributed by atoms with Gasteiger partial charge in [0, 0.05) is 22.6 Å². The summed E-state index contributed by atoms with van der Waals surface area (Å²) >= 11 is 9.65. The van der Waals surface area contributed by atoms with Crippen LogP contribution < -0.4 is 0 Å². The number of likely N-dealkylation sites (tertiary alicyclic amines) is 1. The van der Waals surface area contributed by atoms with E-state index in [1.807, 2.05) is 37.8 Å². The van der Waals surface area contributed by atoms with E-state index in [1.165, 1.54) is 5.56 Å². The molecule has 0 N–H and O–H groups in total. The molecule has 0 bridgehead atoms. The molecule has 3 nitrogen and oxygen atoms in total. The Morgan fingerprint density at radius 2 is 2.05 bits per heavy atom. The maximum Gasteiger partial charge on any atom is 0.410 e. The number of ether oxygens (including phenoxy) is 1. The maximum atomic E-state index is 12.2. The van der Waals surface area contributed by atoms with Gasteiger partial charge in [0.25, 0.3) is 0 Å².